The standard InChI is InChI=1S/C13H24N6/c1-13(2,3)19-18-12-10(14)11(15-8-16-12)17-9-6-4-5-7-9/h8-9,19H,4-7,14H2,1-3H3,(H2,15,16,17,18). The van der Waals surface area contributed by atoms with Crippen LogP contribution in [0.3, 0.4) is 0 Å². The molecule has 1 aromatic rings. The SMILES string of the molecule is CC(C)(C)NNc1ncnc(NC2CCCC2)c1N. The molecule has 0 radical (unpaired) electrons. The van der Waals surface area contributed by atoms with Gasteiger partial charge in [0.2, 0.25) is 0 Å². The summed E-state index contributed by atoms with van der Waals surface area (Å²) in [5.74, 6) is 1.34. The van der Waals surface area contributed by atoms with Crippen LogP contribution < -0.4 is 21.9 Å². The fourth-order valence-corrected chi connectivity index (χ4v) is 2.12. The van der Waals surface area contributed by atoms with Crippen molar-refractivity contribution in [2.75, 3.05) is 16.5 Å². The van der Waals surface area contributed by atoms with Gasteiger partial charge in [0.05, 0.1) is 0 Å². The summed E-state index contributed by atoms with van der Waals surface area (Å²) in [6.45, 7) is 6.19. The van der Waals surface area contributed by atoms with E-state index in [0.717, 1.165) is 5.82 Å². The maximum absolute atomic E-state index is 6.10. The van der Waals surface area contributed by atoms with Crippen molar-refractivity contribution in [2.24, 2.45) is 0 Å². The zero-order valence-corrected chi connectivity index (χ0v) is 12.0. The maximum atomic E-state index is 6.10. The van der Waals surface area contributed by atoms with Crippen LogP contribution in [-0.4, -0.2) is 21.5 Å². The Morgan fingerprint density at radius 1 is 1.16 bits per heavy atom. The molecule has 106 valence electrons. The van der Waals surface area contributed by atoms with E-state index in [9.17, 15) is 0 Å². The van der Waals surface area contributed by atoms with Crippen molar-refractivity contribution < 1.29 is 0 Å². The first-order valence-electron chi connectivity index (χ1n) is 6.86. The predicted octanol–water partition coefficient (Wildman–Crippen LogP) is 2.13. The fourth-order valence-electron chi connectivity index (χ4n) is 2.12. The van der Waals surface area contributed by atoms with Crippen molar-refractivity contribution >= 4 is 17.3 Å². The summed E-state index contributed by atoms with van der Waals surface area (Å²) in [6.07, 6.45) is 6.46. The smallest absolute Gasteiger partial charge is 0.169 e. The summed E-state index contributed by atoms with van der Waals surface area (Å²) in [5.41, 5.74) is 12.8. The number of nitrogens with zero attached hydrogens (tertiary/aromatic N) is 2. The van der Waals surface area contributed by atoms with Crippen LogP contribution >= 0.6 is 0 Å². The average Bonchev–Trinajstić information content (AvgIpc) is 2.82. The molecule has 0 spiro atoms. The van der Waals surface area contributed by atoms with E-state index < -0.39 is 0 Å². The Morgan fingerprint density at radius 3 is 2.42 bits per heavy atom. The van der Waals surface area contributed by atoms with Gasteiger partial charge in [0.1, 0.15) is 12.0 Å². The first-order valence-corrected chi connectivity index (χ1v) is 6.86. The van der Waals surface area contributed by atoms with Gasteiger partial charge in [-0.25, -0.2) is 15.4 Å². The lowest BCUT2D eigenvalue weighted by atomic mass is 10.1. The van der Waals surface area contributed by atoms with Crippen molar-refractivity contribution in [1.29, 1.82) is 0 Å². The van der Waals surface area contributed by atoms with E-state index in [1.807, 2.05) is 0 Å². The third-order valence-corrected chi connectivity index (χ3v) is 3.14. The molecule has 6 heteroatoms. The van der Waals surface area contributed by atoms with Crippen LogP contribution in [-0.2, 0) is 0 Å². The highest BCUT2D eigenvalue weighted by Gasteiger charge is 2.18. The number of anilines is 3. The van der Waals surface area contributed by atoms with Gasteiger partial charge in [-0.3, -0.25) is 0 Å². The Balaban J connectivity index is 2.04. The van der Waals surface area contributed by atoms with Gasteiger partial charge in [0, 0.05) is 11.6 Å². The van der Waals surface area contributed by atoms with E-state index in [0.29, 0.717) is 17.5 Å². The minimum atomic E-state index is -0.0591. The molecule has 6 nitrogen and oxygen atoms in total. The van der Waals surface area contributed by atoms with E-state index in [-0.39, 0.29) is 5.54 Å². The van der Waals surface area contributed by atoms with E-state index in [2.05, 4.69) is 46.9 Å². The lowest BCUT2D eigenvalue weighted by Crippen LogP contribution is -2.40. The Kier molecular flexibility index (Phi) is 4.09. The van der Waals surface area contributed by atoms with Gasteiger partial charge in [0.25, 0.3) is 0 Å². The van der Waals surface area contributed by atoms with Crippen LogP contribution in [0, 0.1) is 0 Å². The lowest BCUT2D eigenvalue weighted by Gasteiger charge is -2.22. The summed E-state index contributed by atoms with van der Waals surface area (Å²) >= 11 is 0. The molecule has 0 amide bonds. The van der Waals surface area contributed by atoms with Gasteiger partial charge in [-0.2, -0.15) is 0 Å². The molecule has 0 saturated heterocycles. The Hall–Kier alpha value is -1.56. The lowest BCUT2D eigenvalue weighted by molar-refractivity contribution is 0.464. The van der Waals surface area contributed by atoms with Gasteiger partial charge in [-0.1, -0.05) is 12.8 Å². The normalized spacial score (nSPS) is 16.6. The first kappa shape index (κ1) is 13.9. The van der Waals surface area contributed by atoms with Crippen molar-refractivity contribution in [2.45, 2.75) is 58.0 Å². The molecule has 0 atom stereocenters. The zero-order valence-electron chi connectivity index (χ0n) is 12.0. The van der Waals surface area contributed by atoms with E-state index in [1.54, 1.807) is 0 Å². The van der Waals surface area contributed by atoms with Crippen LogP contribution in [0.25, 0.3) is 0 Å². The summed E-state index contributed by atoms with van der Waals surface area (Å²) in [5, 5.41) is 3.40. The second-order valence-corrected chi connectivity index (χ2v) is 6.11. The number of nitrogens with one attached hydrogen (secondary N) is 3. The van der Waals surface area contributed by atoms with Gasteiger partial charge >= 0.3 is 0 Å². The minimum absolute atomic E-state index is 0.0591. The topological polar surface area (TPSA) is 87.9 Å². The summed E-state index contributed by atoms with van der Waals surface area (Å²) in [6, 6.07) is 0.487. The van der Waals surface area contributed by atoms with Crippen molar-refractivity contribution in [3.63, 3.8) is 0 Å². The second-order valence-electron chi connectivity index (χ2n) is 6.11. The molecule has 0 aromatic carbocycles. The molecule has 1 aliphatic rings. The van der Waals surface area contributed by atoms with Crippen LogP contribution in [0.2, 0.25) is 0 Å². The summed E-state index contributed by atoms with van der Waals surface area (Å²) in [7, 11) is 0. The molecule has 0 bridgehead atoms. The summed E-state index contributed by atoms with van der Waals surface area (Å²) in [4.78, 5) is 8.40. The minimum Gasteiger partial charge on any atom is -0.393 e. The highest BCUT2D eigenvalue weighted by molar-refractivity contribution is 5.73. The number of hydrazine groups is 1. The molecule has 19 heavy (non-hydrogen) atoms. The Bertz CT molecular complexity index is 420. The zero-order chi connectivity index (χ0) is 13.9. The average molecular weight is 264 g/mol. The van der Waals surface area contributed by atoms with Gasteiger partial charge in [0.15, 0.2) is 11.6 Å². The molecule has 1 fully saturated rings. The van der Waals surface area contributed by atoms with E-state index in [4.69, 9.17) is 5.73 Å². The number of nitrogens with two attached hydrogens (primary N) is 1. The number of hydrogen-bond donors (Lipinski definition) is 4. The molecule has 0 aliphatic heterocycles. The first-order chi connectivity index (χ1) is 8.96. The molecule has 1 aliphatic carbocycles. The third kappa shape index (κ3) is 3.96. The number of aromatic nitrogens is 2. The maximum Gasteiger partial charge on any atom is 0.169 e. The van der Waals surface area contributed by atoms with Crippen LogP contribution in [0.15, 0.2) is 6.33 Å². The van der Waals surface area contributed by atoms with Crippen molar-refractivity contribution in [3.05, 3.63) is 6.33 Å². The largest absolute Gasteiger partial charge is 0.393 e. The fraction of sp³-hybridized carbons (Fsp3) is 0.692. The van der Waals surface area contributed by atoms with Gasteiger partial charge in [-0.05, 0) is 33.6 Å². The van der Waals surface area contributed by atoms with Gasteiger partial charge < -0.3 is 16.5 Å². The molecule has 1 aromatic heterocycles. The van der Waals surface area contributed by atoms with Crippen molar-refractivity contribution in [3.8, 4) is 0 Å². The predicted molar refractivity (Wildman–Crippen MR) is 78.8 cm³/mol. The van der Waals surface area contributed by atoms with Crippen molar-refractivity contribution in [1.82, 2.24) is 15.4 Å². The Labute approximate surface area is 114 Å². The van der Waals surface area contributed by atoms with Crippen LogP contribution in [0.5, 0.6) is 0 Å². The number of hydrogen-bond acceptors (Lipinski definition) is 6. The highest BCUT2D eigenvalue weighted by atomic mass is 15.4. The van der Waals surface area contributed by atoms with E-state index in [1.165, 1.54) is 32.0 Å². The molecule has 5 N–H and O–H groups in total. The number of rotatable bonds is 4. The van der Waals surface area contributed by atoms with Gasteiger partial charge in [-0.15, -0.1) is 0 Å². The van der Waals surface area contributed by atoms with Crippen LogP contribution in [0.1, 0.15) is 46.5 Å². The molecule has 1 heterocycles. The molecule has 1 saturated carbocycles. The molecule has 2 rings (SSSR count). The molecular formula is C13H24N6. The van der Waals surface area contributed by atoms with E-state index >= 15 is 0 Å². The Morgan fingerprint density at radius 2 is 1.79 bits per heavy atom. The third-order valence-electron chi connectivity index (χ3n) is 3.14. The number of nitrogen functional groups attached to an aromatic ring is 1. The molecule has 0 unspecified atom stereocenters. The summed E-state index contributed by atoms with van der Waals surface area (Å²) < 4.78 is 0. The highest BCUT2D eigenvalue weighted by Crippen LogP contribution is 2.27. The second kappa shape index (κ2) is 5.61. The molecular weight excluding hydrogens is 240 g/mol. The quantitative estimate of drug-likeness (QED) is 0.623. The monoisotopic (exact) mass is 264 g/mol. The van der Waals surface area contributed by atoms with Crippen LogP contribution in [0.4, 0.5) is 17.3 Å².